The number of aromatic nitrogens is 3. The maximum Gasteiger partial charge on any atom is 0.433 e. The van der Waals surface area contributed by atoms with E-state index < -0.39 is 29.7 Å². The van der Waals surface area contributed by atoms with Crippen molar-refractivity contribution in [3.63, 3.8) is 0 Å². The van der Waals surface area contributed by atoms with Gasteiger partial charge in [0.05, 0.1) is 19.3 Å². The van der Waals surface area contributed by atoms with Crippen LogP contribution in [-0.4, -0.2) is 46.2 Å². The van der Waals surface area contributed by atoms with E-state index in [1.807, 2.05) is 0 Å². The summed E-state index contributed by atoms with van der Waals surface area (Å²) in [6.07, 6.45) is -4.72. The van der Waals surface area contributed by atoms with E-state index in [0.29, 0.717) is 4.52 Å². The lowest BCUT2D eigenvalue weighted by atomic mass is 10.1. The maximum absolute atomic E-state index is 13.3. The number of hydrogen-bond acceptors (Lipinski definition) is 8. The van der Waals surface area contributed by atoms with Crippen molar-refractivity contribution in [2.75, 3.05) is 19.0 Å². The maximum atomic E-state index is 13.3. The fraction of sp³-hybridized carbons (Fsp3) is 0.316. The van der Waals surface area contributed by atoms with E-state index in [0.717, 1.165) is 30.6 Å². The normalized spacial score (nSPS) is 11.5. The van der Waals surface area contributed by atoms with Gasteiger partial charge in [-0.1, -0.05) is 0 Å². The second kappa shape index (κ2) is 8.57. The van der Waals surface area contributed by atoms with Crippen LogP contribution >= 0.6 is 11.3 Å². The minimum absolute atomic E-state index is 0.0281. The molecule has 3 aromatic rings. The second-order valence-corrected chi connectivity index (χ2v) is 7.53. The van der Waals surface area contributed by atoms with Gasteiger partial charge in [-0.2, -0.15) is 18.3 Å². The lowest BCUT2D eigenvalue weighted by Gasteiger charge is -2.09. The molecule has 3 heterocycles. The third-order valence-corrected chi connectivity index (χ3v) is 5.49. The molecule has 0 radical (unpaired) electrons. The number of esters is 2. The van der Waals surface area contributed by atoms with E-state index in [-0.39, 0.29) is 44.6 Å². The first-order valence-electron chi connectivity index (χ1n) is 9.12. The number of nitrogens with one attached hydrogen (secondary N) is 1. The lowest BCUT2D eigenvalue weighted by molar-refractivity contribution is -0.142. The molecule has 0 aliphatic carbocycles. The number of rotatable bonds is 5. The van der Waals surface area contributed by atoms with E-state index in [1.165, 1.54) is 13.8 Å². The molecule has 9 nitrogen and oxygen atoms in total. The van der Waals surface area contributed by atoms with Gasteiger partial charge in [-0.05, 0) is 32.4 Å². The van der Waals surface area contributed by atoms with Gasteiger partial charge in [0.1, 0.15) is 15.6 Å². The second-order valence-electron chi connectivity index (χ2n) is 6.51. The van der Waals surface area contributed by atoms with Gasteiger partial charge in [-0.15, -0.1) is 11.3 Å². The van der Waals surface area contributed by atoms with Crippen LogP contribution in [0.2, 0.25) is 0 Å². The number of thiophene rings is 1. The summed E-state index contributed by atoms with van der Waals surface area (Å²) in [5, 5.41) is 6.12. The first kappa shape index (κ1) is 23.2. The molecule has 0 atom stereocenters. The summed E-state index contributed by atoms with van der Waals surface area (Å²) in [4.78, 5) is 41.2. The van der Waals surface area contributed by atoms with Crippen LogP contribution in [0.25, 0.3) is 5.65 Å². The molecule has 170 valence electrons. The third-order valence-electron chi connectivity index (χ3n) is 4.30. The molecule has 3 aromatic heterocycles. The minimum Gasteiger partial charge on any atom is -0.465 e. The molecule has 32 heavy (non-hydrogen) atoms. The van der Waals surface area contributed by atoms with Gasteiger partial charge in [0, 0.05) is 11.8 Å². The summed E-state index contributed by atoms with van der Waals surface area (Å²) in [5.74, 6) is -2.40. The van der Waals surface area contributed by atoms with Gasteiger partial charge in [-0.3, -0.25) is 4.79 Å². The van der Waals surface area contributed by atoms with Crippen LogP contribution < -0.4 is 5.32 Å². The number of amides is 1. The Kier molecular flexibility index (Phi) is 6.21. The Morgan fingerprint density at radius 2 is 1.88 bits per heavy atom. The Morgan fingerprint density at radius 3 is 2.47 bits per heavy atom. The van der Waals surface area contributed by atoms with Crippen molar-refractivity contribution >= 4 is 39.8 Å². The van der Waals surface area contributed by atoms with Crippen molar-refractivity contribution in [2.24, 2.45) is 0 Å². The Balaban J connectivity index is 2.03. The van der Waals surface area contributed by atoms with Crippen LogP contribution in [0, 0.1) is 13.8 Å². The summed E-state index contributed by atoms with van der Waals surface area (Å²) in [5.41, 5.74) is -1.37. The molecule has 1 N–H and O–H groups in total. The first-order chi connectivity index (χ1) is 15.0. The van der Waals surface area contributed by atoms with Crippen LogP contribution in [0.5, 0.6) is 0 Å². The van der Waals surface area contributed by atoms with E-state index in [9.17, 15) is 27.6 Å². The predicted octanol–water partition coefficient (Wildman–Crippen LogP) is 3.64. The molecule has 0 saturated carbocycles. The van der Waals surface area contributed by atoms with Crippen LogP contribution in [0.1, 0.15) is 54.4 Å². The van der Waals surface area contributed by atoms with Gasteiger partial charge in [0.25, 0.3) is 5.91 Å². The molecule has 0 unspecified atom stereocenters. The molecule has 0 saturated heterocycles. The molecule has 0 fully saturated rings. The first-order valence-corrected chi connectivity index (χ1v) is 9.94. The van der Waals surface area contributed by atoms with Crippen molar-refractivity contribution in [3.8, 4) is 0 Å². The average Bonchev–Trinajstić information content (AvgIpc) is 3.27. The number of ether oxygens (including phenoxy) is 2. The highest BCUT2D eigenvalue weighted by Gasteiger charge is 2.35. The number of nitrogens with zero attached hydrogens (tertiary/aromatic N) is 3. The molecule has 0 aliphatic heterocycles. The van der Waals surface area contributed by atoms with Crippen molar-refractivity contribution in [1.29, 1.82) is 0 Å². The number of carbonyl (C=O) groups excluding carboxylic acids is 3. The van der Waals surface area contributed by atoms with Crippen LogP contribution in [0.4, 0.5) is 18.2 Å². The standard InChI is InChI=1S/C19H17F3N4O5S/c1-5-31-18(29)14-9(3)13(17(28)30-4)16(32-14)24-15(27)10-7-12-23-8(2)6-11(19(20,21)22)26(12)25-10/h6-7H,5H2,1-4H3,(H,24,27). The van der Waals surface area contributed by atoms with Gasteiger partial charge in [-0.25, -0.2) is 19.1 Å². The predicted molar refractivity (Wildman–Crippen MR) is 107 cm³/mol. The summed E-state index contributed by atoms with van der Waals surface area (Å²) in [6.45, 7) is 4.58. The number of methoxy groups -OCH3 is 1. The quantitative estimate of drug-likeness (QED) is 0.567. The monoisotopic (exact) mass is 470 g/mol. The van der Waals surface area contributed by atoms with Crippen molar-refractivity contribution in [2.45, 2.75) is 26.9 Å². The zero-order chi connectivity index (χ0) is 23.8. The summed E-state index contributed by atoms with van der Waals surface area (Å²) in [7, 11) is 1.13. The number of fused-ring (bicyclic) bond motifs is 1. The molecular formula is C19H17F3N4O5S. The van der Waals surface area contributed by atoms with Gasteiger partial charge in [0.2, 0.25) is 0 Å². The molecule has 0 bridgehead atoms. The van der Waals surface area contributed by atoms with E-state index in [4.69, 9.17) is 9.47 Å². The van der Waals surface area contributed by atoms with Gasteiger partial charge in [0.15, 0.2) is 11.3 Å². The Morgan fingerprint density at radius 1 is 1.19 bits per heavy atom. The van der Waals surface area contributed by atoms with Crippen molar-refractivity contribution in [3.05, 3.63) is 45.2 Å². The molecule has 0 aromatic carbocycles. The van der Waals surface area contributed by atoms with Crippen LogP contribution in [0.15, 0.2) is 12.1 Å². The largest absolute Gasteiger partial charge is 0.465 e. The number of alkyl halides is 3. The zero-order valence-corrected chi connectivity index (χ0v) is 18.1. The van der Waals surface area contributed by atoms with E-state index in [2.05, 4.69) is 15.4 Å². The average molecular weight is 470 g/mol. The highest BCUT2D eigenvalue weighted by Crippen LogP contribution is 2.35. The lowest BCUT2D eigenvalue weighted by Crippen LogP contribution is -2.16. The Labute approximate surface area is 183 Å². The number of anilines is 1. The van der Waals surface area contributed by atoms with Gasteiger partial charge < -0.3 is 14.8 Å². The summed E-state index contributed by atoms with van der Waals surface area (Å²) in [6, 6.07) is 1.90. The van der Waals surface area contributed by atoms with E-state index in [1.54, 1.807) is 6.92 Å². The Bertz CT molecular complexity index is 1230. The Hall–Kier alpha value is -3.48. The number of halogens is 3. The smallest absolute Gasteiger partial charge is 0.433 e. The molecule has 0 spiro atoms. The third kappa shape index (κ3) is 4.28. The molecule has 1 amide bonds. The zero-order valence-electron chi connectivity index (χ0n) is 17.3. The number of carbonyl (C=O) groups is 3. The topological polar surface area (TPSA) is 112 Å². The SMILES string of the molecule is CCOC(=O)c1sc(NC(=O)c2cc3nc(C)cc(C(F)(F)F)n3n2)c(C(=O)OC)c1C. The van der Waals surface area contributed by atoms with Crippen molar-refractivity contribution in [1.82, 2.24) is 14.6 Å². The fourth-order valence-electron chi connectivity index (χ4n) is 2.92. The van der Waals surface area contributed by atoms with Crippen LogP contribution in [-0.2, 0) is 15.7 Å². The van der Waals surface area contributed by atoms with E-state index >= 15 is 0 Å². The molecule has 3 rings (SSSR count). The summed E-state index contributed by atoms with van der Waals surface area (Å²) < 4.78 is 50.2. The highest BCUT2D eigenvalue weighted by molar-refractivity contribution is 7.18. The van der Waals surface area contributed by atoms with Gasteiger partial charge >= 0.3 is 18.1 Å². The molecule has 13 heteroatoms. The number of hydrogen-bond donors (Lipinski definition) is 1. The highest BCUT2D eigenvalue weighted by atomic mass is 32.1. The molecule has 0 aliphatic rings. The fourth-order valence-corrected chi connectivity index (χ4v) is 4.00. The number of aryl methyl sites for hydroxylation is 1. The minimum atomic E-state index is -4.72. The summed E-state index contributed by atoms with van der Waals surface area (Å²) >= 11 is 0.780. The van der Waals surface area contributed by atoms with Crippen LogP contribution in [0.3, 0.4) is 0 Å². The van der Waals surface area contributed by atoms with Crippen molar-refractivity contribution < 1.29 is 37.0 Å². The molecular weight excluding hydrogens is 453 g/mol.